The summed E-state index contributed by atoms with van der Waals surface area (Å²) in [5, 5.41) is 17.3. The summed E-state index contributed by atoms with van der Waals surface area (Å²) in [6.45, 7) is 4.29. The van der Waals surface area contributed by atoms with Gasteiger partial charge >= 0.3 is 11.9 Å². The zero-order valence-electron chi connectivity index (χ0n) is 16.8. The molecular weight excluding hydrogens is 398 g/mol. The topological polar surface area (TPSA) is 111 Å². The number of carbonyl (C=O) groups is 3. The van der Waals surface area contributed by atoms with E-state index in [1.165, 1.54) is 16.3 Å². The Labute approximate surface area is 179 Å². The van der Waals surface area contributed by atoms with E-state index in [2.05, 4.69) is 52.3 Å². The van der Waals surface area contributed by atoms with Crippen molar-refractivity contribution in [3.8, 4) is 0 Å². The molecule has 0 radical (unpaired) electrons. The summed E-state index contributed by atoms with van der Waals surface area (Å²) in [6, 6.07) is 18.7. The fraction of sp³-hybridized carbons (Fsp3) is 0.217. The van der Waals surface area contributed by atoms with Crippen LogP contribution < -0.4 is 0 Å². The highest BCUT2D eigenvalue weighted by Gasteiger charge is 2.22. The lowest BCUT2D eigenvalue weighted by atomic mass is 10.1. The second-order valence-corrected chi connectivity index (χ2v) is 7.10. The Morgan fingerprint density at radius 2 is 1.42 bits per heavy atom. The van der Waals surface area contributed by atoms with Gasteiger partial charge in [0.25, 0.3) is 5.91 Å². The van der Waals surface area contributed by atoms with Crippen molar-refractivity contribution in [1.82, 2.24) is 14.8 Å². The van der Waals surface area contributed by atoms with Crippen molar-refractivity contribution < 1.29 is 24.6 Å². The van der Waals surface area contributed by atoms with Crippen LogP contribution in [0.1, 0.15) is 15.9 Å². The maximum absolute atomic E-state index is 12.5. The molecule has 2 aromatic carbocycles. The highest BCUT2D eigenvalue weighted by Crippen LogP contribution is 2.18. The molecule has 0 spiro atoms. The number of aromatic nitrogens is 1. The number of carbonyl (C=O) groups excluding carboxylic acids is 1. The summed E-state index contributed by atoms with van der Waals surface area (Å²) >= 11 is 0. The standard InChI is InChI=1S/C21H21N3O.C2H2O4/c25-21(19-7-9-22-10-8-19)24-13-11-23(12-14-24)16-17-5-6-18-3-1-2-4-20(18)15-17;3-1(4)2(5)6/h1-10,15H,11-14,16H2;(H,3,4)(H,5,6). The van der Waals surface area contributed by atoms with Gasteiger partial charge in [-0.2, -0.15) is 0 Å². The van der Waals surface area contributed by atoms with Crippen LogP contribution in [0.3, 0.4) is 0 Å². The molecule has 2 N–H and O–H groups in total. The highest BCUT2D eigenvalue weighted by atomic mass is 16.4. The molecule has 1 fully saturated rings. The second-order valence-electron chi connectivity index (χ2n) is 7.10. The number of rotatable bonds is 3. The first-order chi connectivity index (χ1) is 14.9. The SMILES string of the molecule is O=C(O)C(=O)O.O=C(c1ccncc1)N1CCN(Cc2ccc3ccccc3c2)CC1. The first kappa shape index (κ1) is 21.9. The number of pyridine rings is 1. The third-order valence-electron chi connectivity index (χ3n) is 4.99. The molecule has 1 saturated heterocycles. The number of fused-ring (bicyclic) bond motifs is 1. The fourth-order valence-corrected chi connectivity index (χ4v) is 3.38. The molecule has 31 heavy (non-hydrogen) atoms. The van der Waals surface area contributed by atoms with Crippen LogP contribution in [-0.4, -0.2) is 69.0 Å². The van der Waals surface area contributed by atoms with Gasteiger partial charge in [0.15, 0.2) is 0 Å². The van der Waals surface area contributed by atoms with E-state index in [0.717, 1.165) is 38.3 Å². The van der Waals surface area contributed by atoms with Crippen LogP contribution in [0, 0.1) is 0 Å². The van der Waals surface area contributed by atoms with Gasteiger partial charge in [-0.05, 0) is 34.5 Å². The van der Waals surface area contributed by atoms with E-state index >= 15 is 0 Å². The number of hydrogen-bond donors (Lipinski definition) is 2. The number of aliphatic carboxylic acids is 2. The minimum absolute atomic E-state index is 0.104. The van der Waals surface area contributed by atoms with Crippen LogP contribution >= 0.6 is 0 Å². The Kier molecular flexibility index (Phi) is 7.29. The molecule has 3 aromatic rings. The van der Waals surface area contributed by atoms with Crippen LogP contribution in [0.15, 0.2) is 67.0 Å². The van der Waals surface area contributed by atoms with Gasteiger partial charge in [-0.3, -0.25) is 14.7 Å². The van der Waals surface area contributed by atoms with E-state index in [4.69, 9.17) is 19.8 Å². The largest absolute Gasteiger partial charge is 0.473 e. The quantitative estimate of drug-likeness (QED) is 0.625. The summed E-state index contributed by atoms with van der Waals surface area (Å²) in [5.74, 6) is -3.54. The molecule has 0 saturated carbocycles. The molecule has 0 bridgehead atoms. The lowest BCUT2D eigenvalue weighted by Gasteiger charge is -2.34. The Hall–Kier alpha value is -3.78. The Bertz CT molecular complexity index is 1050. The van der Waals surface area contributed by atoms with Crippen LogP contribution in [0.5, 0.6) is 0 Å². The number of carboxylic acid groups (broad SMARTS) is 2. The third-order valence-corrected chi connectivity index (χ3v) is 4.99. The van der Waals surface area contributed by atoms with Crippen molar-refractivity contribution in [3.63, 3.8) is 0 Å². The predicted molar refractivity (Wildman–Crippen MR) is 115 cm³/mol. The monoisotopic (exact) mass is 421 g/mol. The lowest BCUT2D eigenvalue weighted by Crippen LogP contribution is -2.48. The zero-order valence-corrected chi connectivity index (χ0v) is 16.8. The summed E-state index contributed by atoms with van der Waals surface area (Å²) < 4.78 is 0. The minimum Gasteiger partial charge on any atom is -0.473 e. The van der Waals surface area contributed by atoms with E-state index in [1.54, 1.807) is 24.5 Å². The van der Waals surface area contributed by atoms with Crippen LogP contribution in [0.4, 0.5) is 0 Å². The smallest absolute Gasteiger partial charge is 0.414 e. The first-order valence-corrected chi connectivity index (χ1v) is 9.79. The van der Waals surface area contributed by atoms with E-state index in [0.29, 0.717) is 0 Å². The van der Waals surface area contributed by atoms with Gasteiger partial charge in [0, 0.05) is 50.7 Å². The maximum Gasteiger partial charge on any atom is 0.414 e. The average molecular weight is 421 g/mol. The molecule has 1 aromatic heterocycles. The second kappa shape index (κ2) is 10.3. The fourth-order valence-electron chi connectivity index (χ4n) is 3.38. The van der Waals surface area contributed by atoms with Gasteiger partial charge < -0.3 is 15.1 Å². The lowest BCUT2D eigenvalue weighted by molar-refractivity contribution is -0.159. The van der Waals surface area contributed by atoms with E-state index in [-0.39, 0.29) is 5.91 Å². The van der Waals surface area contributed by atoms with E-state index in [1.807, 2.05) is 4.90 Å². The molecule has 0 unspecified atom stereocenters. The summed E-state index contributed by atoms with van der Waals surface area (Å²) in [4.78, 5) is 39.0. The van der Waals surface area contributed by atoms with Gasteiger partial charge in [0.05, 0.1) is 0 Å². The van der Waals surface area contributed by atoms with Crippen LogP contribution in [-0.2, 0) is 16.1 Å². The Morgan fingerprint density at radius 1 is 0.806 bits per heavy atom. The zero-order chi connectivity index (χ0) is 22.2. The number of carboxylic acids is 2. The molecule has 1 aliphatic rings. The Morgan fingerprint density at radius 3 is 2.03 bits per heavy atom. The molecular formula is C23H23N3O5. The summed E-state index contributed by atoms with van der Waals surface area (Å²) in [7, 11) is 0. The van der Waals surface area contributed by atoms with Gasteiger partial charge in [-0.15, -0.1) is 0 Å². The van der Waals surface area contributed by atoms with Crippen LogP contribution in [0.2, 0.25) is 0 Å². The van der Waals surface area contributed by atoms with Gasteiger partial charge in [0.2, 0.25) is 0 Å². The maximum atomic E-state index is 12.5. The van der Waals surface area contributed by atoms with Gasteiger partial charge in [0.1, 0.15) is 0 Å². The summed E-state index contributed by atoms with van der Waals surface area (Å²) in [5.41, 5.74) is 2.05. The number of hydrogen-bond acceptors (Lipinski definition) is 5. The minimum atomic E-state index is -1.82. The van der Waals surface area contributed by atoms with Crippen molar-refractivity contribution in [2.24, 2.45) is 0 Å². The normalized spacial score (nSPS) is 13.9. The molecule has 4 rings (SSSR count). The number of nitrogens with zero attached hydrogens (tertiary/aromatic N) is 3. The molecule has 0 aliphatic carbocycles. The molecule has 1 aliphatic heterocycles. The first-order valence-electron chi connectivity index (χ1n) is 9.79. The average Bonchev–Trinajstić information content (AvgIpc) is 2.80. The number of benzene rings is 2. The Balaban J connectivity index is 0.000000401. The number of piperazine rings is 1. The van der Waals surface area contributed by atoms with Gasteiger partial charge in [-0.1, -0.05) is 36.4 Å². The predicted octanol–water partition coefficient (Wildman–Crippen LogP) is 2.35. The van der Waals surface area contributed by atoms with Crippen LogP contribution in [0.25, 0.3) is 10.8 Å². The van der Waals surface area contributed by atoms with Crippen molar-refractivity contribution in [1.29, 1.82) is 0 Å². The molecule has 160 valence electrons. The molecule has 8 heteroatoms. The van der Waals surface area contributed by atoms with Crippen molar-refractivity contribution in [2.45, 2.75) is 6.54 Å². The van der Waals surface area contributed by atoms with Gasteiger partial charge in [-0.25, -0.2) is 9.59 Å². The molecule has 0 atom stereocenters. The molecule has 2 heterocycles. The van der Waals surface area contributed by atoms with Crippen molar-refractivity contribution in [3.05, 3.63) is 78.1 Å². The van der Waals surface area contributed by atoms with Crippen molar-refractivity contribution in [2.75, 3.05) is 26.2 Å². The highest BCUT2D eigenvalue weighted by molar-refractivity contribution is 6.27. The van der Waals surface area contributed by atoms with E-state index < -0.39 is 11.9 Å². The molecule has 1 amide bonds. The summed E-state index contributed by atoms with van der Waals surface area (Å²) in [6.07, 6.45) is 3.34. The molecule has 8 nitrogen and oxygen atoms in total. The van der Waals surface area contributed by atoms with E-state index in [9.17, 15) is 4.79 Å². The van der Waals surface area contributed by atoms with Crippen molar-refractivity contribution >= 4 is 28.6 Å². The third kappa shape index (κ3) is 6.10. The number of amides is 1.